The van der Waals surface area contributed by atoms with E-state index in [1.165, 1.54) is 0 Å². The molecule has 1 unspecified atom stereocenters. The Morgan fingerprint density at radius 3 is 2.77 bits per heavy atom. The van der Waals surface area contributed by atoms with E-state index in [4.69, 9.17) is 4.52 Å². The van der Waals surface area contributed by atoms with Crippen LogP contribution >= 0.6 is 0 Å². The maximum absolute atomic E-state index is 12.5. The lowest BCUT2D eigenvalue weighted by Crippen LogP contribution is -2.30. The van der Waals surface area contributed by atoms with Crippen molar-refractivity contribution in [2.24, 2.45) is 0 Å². The Morgan fingerprint density at radius 1 is 1.45 bits per heavy atom. The number of fused-ring (bicyclic) bond motifs is 1. The first-order valence-corrected chi connectivity index (χ1v) is 7.73. The molecule has 1 aliphatic rings. The van der Waals surface area contributed by atoms with E-state index >= 15 is 0 Å². The van der Waals surface area contributed by atoms with Gasteiger partial charge in [-0.3, -0.25) is 4.79 Å². The fraction of sp³-hybridized carbons (Fsp3) is 0.562. The van der Waals surface area contributed by atoms with Crippen LogP contribution in [0.2, 0.25) is 0 Å². The van der Waals surface area contributed by atoms with Crippen molar-refractivity contribution >= 4 is 17.0 Å². The molecule has 0 radical (unpaired) electrons. The normalized spacial score (nSPS) is 16.2. The molecule has 2 aromatic rings. The minimum absolute atomic E-state index is 0.137. The van der Waals surface area contributed by atoms with Gasteiger partial charge in [-0.05, 0) is 31.7 Å². The van der Waals surface area contributed by atoms with Crippen molar-refractivity contribution in [1.82, 2.24) is 15.5 Å². The highest BCUT2D eigenvalue weighted by molar-refractivity contribution is 6.06. The molecule has 2 N–H and O–H groups in total. The van der Waals surface area contributed by atoms with E-state index < -0.39 is 6.10 Å². The second-order valence-corrected chi connectivity index (χ2v) is 6.33. The van der Waals surface area contributed by atoms with E-state index in [1.807, 2.05) is 19.9 Å². The van der Waals surface area contributed by atoms with Crippen LogP contribution < -0.4 is 5.32 Å². The number of amides is 1. The Balaban J connectivity index is 2.07. The summed E-state index contributed by atoms with van der Waals surface area (Å²) in [5.74, 6) is 0.332. The maximum Gasteiger partial charge on any atom is 0.259 e. The van der Waals surface area contributed by atoms with E-state index in [0.29, 0.717) is 22.6 Å². The average Bonchev–Trinajstić information content (AvgIpc) is 3.22. The number of hydrogen-bond acceptors (Lipinski definition) is 5. The zero-order chi connectivity index (χ0) is 15.9. The number of aromatic nitrogens is 2. The van der Waals surface area contributed by atoms with Gasteiger partial charge in [-0.1, -0.05) is 19.0 Å². The maximum atomic E-state index is 12.5. The standard InChI is InChI=1S/C16H21N3O3/c1-8(2)14-13-11(15(21)17-7-9(3)20)6-12(10-4-5-10)18-16(13)22-19-14/h6,8-10,20H,4-5,7H2,1-3H3,(H,17,21). The summed E-state index contributed by atoms with van der Waals surface area (Å²) in [6.07, 6.45) is 1.60. The van der Waals surface area contributed by atoms with Crippen LogP contribution in [0.5, 0.6) is 0 Å². The number of hydrogen-bond donors (Lipinski definition) is 2. The van der Waals surface area contributed by atoms with Gasteiger partial charge in [0, 0.05) is 18.2 Å². The minimum atomic E-state index is -0.587. The fourth-order valence-electron chi connectivity index (χ4n) is 2.49. The summed E-state index contributed by atoms with van der Waals surface area (Å²) in [4.78, 5) is 17.0. The molecule has 22 heavy (non-hydrogen) atoms. The molecule has 0 bridgehead atoms. The molecule has 1 saturated carbocycles. The predicted molar refractivity (Wildman–Crippen MR) is 81.9 cm³/mol. The van der Waals surface area contributed by atoms with Gasteiger partial charge in [0.2, 0.25) is 0 Å². The molecule has 1 atom stereocenters. The van der Waals surface area contributed by atoms with Gasteiger partial charge in [0.15, 0.2) is 0 Å². The van der Waals surface area contributed by atoms with Gasteiger partial charge >= 0.3 is 0 Å². The minimum Gasteiger partial charge on any atom is -0.392 e. The molecular formula is C16H21N3O3. The molecule has 1 aliphatic carbocycles. The van der Waals surface area contributed by atoms with E-state index in [0.717, 1.165) is 24.2 Å². The van der Waals surface area contributed by atoms with Crippen molar-refractivity contribution in [3.63, 3.8) is 0 Å². The highest BCUT2D eigenvalue weighted by Crippen LogP contribution is 2.41. The van der Waals surface area contributed by atoms with Crippen LogP contribution in [0.15, 0.2) is 10.6 Å². The molecule has 3 rings (SSSR count). The zero-order valence-corrected chi connectivity index (χ0v) is 13.1. The SMILES string of the molecule is CC(O)CNC(=O)c1cc(C2CC2)nc2onc(C(C)C)c12. The summed E-state index contributed by atoms with van der Waals surface area (Å²) in [5, 5.41) is 16.9. The molecule has 0 aromatic carbocycles. The van der Waals surface area contributed by atoms with Gasteiger partial charge in [-0.15, -0.1) is 0 Å². The third-order valence-electron chi connectivity index (χ3n) is 3.84. The molecule has 2 heterocycles. The van der Waals surface area contributed by atoms with Crippen molar-refractivity contribution in [2.45, 2.75) is 51.6 Å². The van der Waals surface area contributed by atoms with Gasteiger partial charge in [0.1, 0.15) is 0 Å². The Morgan fingerprint density at radius 2 is 2.18 bits per heavy atom. The van der Waals surface area contributed by atoms with Crippen LogP contribution in [0.4, 0.5) is 0 Å². The third-order valence-corrected chi connectivity index (χ3v) is 3.84. The quantitative estimate of drug-likeness (QED) is 0.885. The lowest BCUT2D eigenvalue weighted by molar-refractivity contribution is 0.0925. The van der Waals surface area contributed by atoms with Gasteiger partial charge in [-0.25, -0.2) is 4.98 Å². The Bertz CT molecular complexity index is 702. The Labute approximate surface area is 128 Å². The summed E-state index contributed by atoms with van der Waals surface area (Å²) in [6.45, 7) is 5.86. The lowest BCUT2D eigenvalue weighted by Gasteiger charge is -2.10. The number of pyridine rings is 1. The van der Waals surface area contributed by atoms with Crippen LogP contribution in [-0.4, -0.2) is 33.8 Å². The summed E-state index contributed by atoms with van der Waals surface area (Å²) in [6, 6.07) is 1.85. The van der Waals surface area contributed by atoms with Crippen LogP contribution in [0, 0.1) is 0 Å². The first kappa shape index (κ1) is 15.0. The second kappa shape index (κ2) is 5.68. The number of nitrogens with one attached hydrogen (secondary N) is 1. The van der Waals surface area contributed by atoms with Crippen molar-refractivity contribution < 1.29 is 14.4 Å². The van der Waals surface area contributed by atoms with Crippen molar-refractivity contribution in [3.8, 4) is 0 Å². The molecule has 118 valence electrons. The van der Waals surface area contributed by atoms with E-state index in [-0.39, 0.29) is 18.4 Å². The van der Waals surface area contributed by atoms with Gasteiger partial charge in [-0.2, -0.15) is 0 Å². The van der Waals surface area contributed by atoms with Crippen molar-refractivity contribution in [2.75, 3.05) is 6.54 Å². The third kappa shape index (κ3) is 2.83. The van der Waals surface area contributed by atoms with Gasteiger partial charge in [0.05, 0.1) is 22.7 Å². The molecule has 0 saturated heterocycles. The number of rotatable bonds is 5. The number of nitrogens with zero attached hydrogens (tertiary/aromatic N) is 2. The van der Waals surface area contributed by atoms with E-state index in [9.17, 15) is 9.90 Å². The van der Waals surface area contributed by atoms with Crippen LogP contribution in [0.3, 0.4) is 0 Å². The summed E-state index contributed by atoms with van der Waals surface area (Å²) < 4.78 is 5.35. The first-order chi connectivity index (χ1) is 10.5. The number of carbonyl (C=O) groups is 1. The molecule has 1 fully saturated rings. The Kier molecular flexibility index (Phi) is 3.87. The summed E-state index contributed by atoms with van der Waals surface area (Å²) in [7, 11) is 0. The monoisotopic (exact) mass is 303 g/mol. The Hall–Kier alpha value is -1.95. The zero-order valence-electron chi connectivity index (χ0n) is 13.1. The molecule has 1 amide bonds. The van der Waals surface area contributed by atoms with Crippen molar-refractivity contribution in [3.05, 3.63) is 23.0 Å². The molecule has 6 heteroatoms. The average molecular weight is 303 g/mol. The van der Waals surface area contributed by atoms with Crippen LogP contribution in [-0.2, 0) is 0 Å². The predicted octanol–water partition coefficient (Wildman–Crippen LogP) is 2.33. The van der Waals surface area contributed by atoms with Crippen LogP contribution in [0.25, 0.3) is 11.1 Å². The van der Waals surface area contributed by atoms with Gasteiger partial charge in [0.25, 0.3) is 11.6 Å². The molecule has 0 aliphatic heterocycles. The highest BCUT2D eigenvalue weighted by Gasteiger charge is 2.29. The smallest absolute Gasteiger partial charge is 0.259 e. The van der Waals surface area contributed by atoms with Crippen molar-refractivity contribution in [1.29, 1.82) is 0 Å². The van der Waals surface area contributed by atoms with Gasteiger partial charge < -0.3 is 14.9 Å². The molecule has 2 aromatic heterocycles. The fourth-order valence-corrected chi connectivity index (χ4v) is 2.49. The summed E-state index contributed by atoms with van der Waals surface area (Å²) in [5.41, 5.74) is 2.60. The van der Waals surface area contributed by atoms with E-state index in [1.54, 1.807) is 6.92 Å². The molecule has 0 spiro atoms. The number of carbonyl (C=O) groups excluding carboxylic acids is 1. The molecular weight excluding hydrogens is 282 g/mol. The largest absolute Gasteiger partial charge is 0.392 e. The highest BCUT2D eigenvalue weighted by atomic mass is 16.5. The van der Waals surface area contributed by atoms with Crippen LogP contribution in [0.1, 0.15) is 67.2 Å². The number of aliphatic hydroxyl groups is 1. The second-order valence-electron chi connectivity index (χ2n) is 6.33. The first-order valence-electron chi connectivity index (χ1n) is 7.73. The lowest BCUT2D eigenvalue weighted by atomic mass is 10.0. The summed E-state index contributed by atoms with van der Waals surface area (Å²) >= 11 is 0. The molecule has 6 nitrogen and oxygen atoms in total. The van der Waals surface area contributed by atoms with E-state index in [2.05, 4.69) is 15.5 Å². The topological polar surface area (TPSA) is 88.2 Å². The number of aliphatic hydroxyl groups excluding tert-OH is 1.